The summed E-state index contributed by atoms with van der Waals surface area (Å²) >= 11 is 5.22. The topological polar surface area (TPSA) is 116 Å². The van der Waals surface area contributed by atoms with Crippen molar-refractivity contribution in [2.45, 2.75) is 13.8 Å². The Bertz CT molecular complexity index is 1150. The average Bonchev–Trinajstić information content (AvgIpc) is 3.01. The molecule has 0 aliphatic carbocycles. The van der Waals surface area contributed by atoms with Crippen LogP contribution in [-0.2, 0) is 0 Å². The highest BCUT2D eigenvalue weighted by atomic mass is 32.1. The zero-order chi connectivity index (χ0) is 22.5. The van der Waals surface area contributed by atoms with Crippen LogP contribution in [0.25, 0.3) is 5.69 Å². The van der Waals surface area contributed by atoms with Gasteiger partial charge in [-0.3, -0.25) is 5.43 Å². The second-order valence-electron chi connectivity index (χ2n) is 6.73. The molecule has 8 nitrogen and oxygen atoms in total. The number of benzene rings is 2. The van der Waals surface area contributed by atoms with Crippen LogP contribution in [0.2, 0.25) is 0 Å². The first kappa shape index (κ1) is 21.7. The highest BCUT2D eigenvalue weighted by molar-refractivity contribution is 7.80. The maximum atomic E-state index is 11.4. The normalized spacial score (nSPS) is 10.8. The molecule has 0 amide bonds. The van der Waals surface area contributed by atoms with E-state index in [0.29, 0.717) is 10.8 Å². The van der Waals surface area contributed by atoms with Gasteiger partial charge in [0.25, 0.3) is 0 Å². The Morgan fingerprint density at radius 3 is 2.19 bits per heavy atom. The Balaban J connectivity index is 1.84. The van der Waals surface area contributed by atoms with Gasteiger partial charge in [0.15, 0.2) is 5.11 Å². The first-order valence-electron chi connectivity index (χ1n) is 9.22. The minimum Gasteiger partial charge on any atom is -0.478 e. The van der Waals surface area contributed by atoms with E-state index in [4.69, 9.17) is 12.2 Å². The number of carboxylic acid groups (broad SMARTS) is 2. The fourth-order valence-electron chi connectivity index (χ4n) is 3.14. The summed E-state index contributed by atoms with van der Waals surface area (Å²) in [6.45, 7) is 3.68. The number of para-hydroxylation sites is 1. The number of hydrogen-bond acceptors (Lipinski definition) is 4. The molecule has 31 heavy (non-hydrogen) atoms. The molecule has 4 N–H and O–H groups in total. The highest BCUT2D eigenvalue weighted by Crippen LogP contribution is 2.22. The predicted octanol–water partition coefficient (Wildman–Crippen LogP) is 3.81. The number of aromatic nitrogens is 1. The maximum Gasteiger partial charge on any atom is 0.335 e. The van der Waals surface area contributed by atoms with Crippen LogP contribution in [0.4, 0.5) is 5.69 Å². The first-order chi connectivity index (χ1) is 14.8. The van der Waals surface area contributed by atoms with Crippen LogP contribution in [0.1, 0.15) is 37.7 Å². The van der Waals surface area contributed by atoms with Crippen molar-refractivity contribution in [3.63, 3.8) is 0 Å². The lowest BCUT2D eigenvalue weighted by Crippen LogP contribution is -2.23. The van der Waals surface area contributed by atoms with Gasteiger partial charge in [0.1, 0.15) is 0 Å². The number of carbonyl (C=O) groups is 2. The smallest absolute Gasteiger partial charge is 0.335 e. The molecule has 0 saturated heterocycles. The molecule has 0 aliphatic rings. The molecule has 0 unspecified atom stereocenters. The van der Waals surface area contributed by atoms with Gasteiger partial charge < -0.3 is 20.1 Å². The van der Waals surface area contributed by atoms with E-state index in [1.54, 1.807) is 10.8 Å². The molecule has 0 radical (unpaired) electrons. The summed E-state index contributed by atoms with van der Waals surface area (Å²) in [5.41, 5.74) is 6.16. The van der Waals surface area contributed by atoms with Crippen LogP contribution in [0.15, 0.2) is 59.7 Å². The SMILES string of the molecule is Cc1cc(/C=N/NC(=S)Nc2ccccc2)c(C)n1-c1cc(C(=O)O)cc(C(=O)O)c1. The molecule has 3 aromatic rings. The van der Waals surface area contributed by atoms with Crippen molar-refractivity contribution >= 4 is 41.2 Å². The van der Waals surface area contributed by atoms with Gasteiger partial charge in [0.05, 0.1) is 17.3 Å². The summed E-state index contributed by atoms with van der Waals surface area (Å²) in [5, 5.41) is 26.2. The van der Waals surface area contributed by atoms with E-state index in [9.17, 15) is 19.8 Å². The number of hydrazone groups is 1. The second-order valence-corrected chi connectivity index (χ2v) is 7.14. The monoisotopic (exact) mass is 436 g/mol. The number of anilines is 1. The predicted molar refractivity (Wildman–Crippen MR) is 123 cm³/mol. The number of aryl methyl sites for hydroxylation is 1. The van der Waals surface area contributed by atoms with Crippen LogP contribution in [0.5, 0.6) is 0 Å². The van der Waals surface area contributed by atoms with E-state index in [1.165, 1.54) is 12.1 Å². The number of aromatic carboxylic acids is 2. The Kier molecular flexibility index (Phi) is 6.46. The maximum absolute atomic E-state index is 11.4. The molecule has 0 aliphatic heterocycles. The molecule has 0 bridgehead atoms. The van der Waals surface area contributed by atoms with Crippen LogP contribution < -0.4 is 10.7 Å². The Morgan fingerprint density at radius 2 is 1.61 bits per heavy atom. The zero-order valence-electron chi connectivity index (χ0n) is 16.8. The third kappa shape index (κ3) is 5.14. The molecular weight excluding hydrogens is 416 g/mol. The standard InChI is InChI=1S/C22H20N4O4S/c1-13-8-17(12-23-25-22(31)24-18-6-4-3-5-7-18)14(2)26(13)19-10-15(20(27)28)9-16(11-19)21(29)30/h3-12H,1-2H3,(H,27,28)(H,29,30)(H2,24,25,31)/b23-12+. The largest absolute Gasteiger partial charge is 0.478 e. The zero-order valence-corrected chi connectivity index (χ0v) is 17.6. The van der Waals surface area contributed by atoms with Gasteiger partial charge in [-0.2, -0.15) is 5.10 Å². The van der Waals surface area contributed by atoms with E-state index in [2.05, 4.69) is 15.8 Å². The molecule has 3 rings (SSSR count). The summed E-state index contributed by atoms with van der Waals surface area (Å²) < 4.78 is 1.78. The number of rotatable bonds is 6. The third-order valence-electron chi connectivity index (χ3n) is 4.54. The van der Waals surface area contributed by atoms with E-state index < -0.39 is 11.9 Å². The number of carboxylic acids is 2. The van der Waals surface area contributed by atoms with Crippen molar-refractivity contribution < 1.29 is 19.8 Å². The molecule has 1 heterocycles. The van der Waals surface area contributed by atoms with Gasteiger partial charge >= 0.3 is 11.9 Å². The van der Waals surface area contributed by atoms with Crippen molar-refractivity contribution in [1.82, 2.24) is 9.99 Å². The van der Waals surface area contributed by atoms with E-state index in [1.807, 2.05) is 50.2 Å². The minimum atomic E-state index is -1.20. The van der Waals surface area contributed by atoms with Gasteiger partial charge in [0.2, 0.25) is 0 Å². The fraction of sp³-hybridized carbons (Fsp3) is 0.0909. The highest BCUT2D eigenvalue weighted by Gasteiger charge is 2.16. The molecule has 158 valence electrons. The number of nitrogens with zero attached hydrogens (tertiary/aromatic N) is 2. The fourth-order valence-corrected chi connectivity index (χ4v) is 3.31. The molecule has 2 aromatic carbocycles. The number of thiocarbonyl (C=S) groups is 1. The van der Waals surface area contributed by atoms with Crippen molar-refractivity contribution in [3.05, 3.63) is 82.7 Å². The van der Waals surface area contributed by atoms with Crippen molar-refractivity contribution in [2.24, 2.45) is 5.10 Å². The molecular formula is C22H20N4O4S. The Labute approximate surface area is 183 Å². The summed E-state index contributed by atoms with van der Waals surface area (Å²) in [7, 11) is 0. The molecule has 0 atom stereocenters. The second kappa shape index (κ2) is 9.23. The van der Waals surface area contributed by atoms with Crippen molar-refractivity contribution in [2.75, 3.05) is 5.32 Å². The van der Waals surface area contributed by atoms with E-state index >= 15 is 0 Å². The van der Waals surface area contributed by atoms with Crippen molar-refractivity contribution in [3.8, 4) is 5.69 Å². The van der Waals surface area contributed by atoms with Crippen LogP contribution in [-0.4, -0.2) is 38.0 Å². The van der Waals surface area contributed by atoms with Crippen molar-refractivity contribution in [1.29, 1.82) is 0 Å². The average molecular weight is 436 g/mol. The third-order valence-corrected chi connectivity index (χ3v) is 4.73. The van der Waals surface area contributed by atoms with Gasteiger partial charge in [-0.05, 0) is 62.5 Å². The lowest BCUT2D eigenvalue weighted by Gasteiger charge is -2.12. The molecule has 1 aromatic heterocycles. The first-order valence-corrected chi connectivity index (χ1v) is 9.63. The quantitative estimate of drug-likeness (QED) is 0.264. The molecule has 9 heteroatoms. The Hall–Kier alpha value is -3.98. The summed E-state index contributed by atoms with van der Waals surface area (Å²) in [6, 6.07) is 15.3. The van der Waals surface area contributed by atoms with E-state index in [0.717, 1.165) is 28.7 Å². The van der Waals surface area contributed by atoms with Gasteiger partial charge in [-0.25, -0.2) is 9.59 Å². The van der Waals surface area contributed by atoms with Gasteiger partial charge in [0, 0.05) is 28.3 Å². The van der Waals surface area contributed by atoms with E-state index in [-0.39, 0.29) is 11.1 Å². The summed E-state index contributed by atoms with van der Waals surface area (Å²) in [4.78, 5) is 22.8. The summed E-state index contributed by atoms with van der Waals surface area (Å²) in [5.74, 6) is -2.39. The lowest BCUT2D eigenvalue weighted by atomic mass is 10.1. The van der Waals surface area contributed by atoms with Gasteiger partial charge in [-0.1, -0.05) is 18.2 Å². The number of nitrogens with one attached hydrogen (secondary N) is 2. The van der Waals surface area contributed by atoms with Gasteiger partial charge in [-0.15, -0.1) is 0 Å². The molecule has 0 saturated carbocycles. The number of hydrogen-bond donors (Lipinski definition) is 4. The lowest BCUT2D eigenvalue weighted by molar-refractivity contribution is 0.0696. The van der Waals surface area contributed by atoms with Crippen LogP contribution in [0.3, 0.4) is 0 Å². The minimum absolute atomic E-state index is 0.100. The van der Waals surface area contributed by atoms with Crippen LogP contribution in [0, 0.1) is 13.8 Å². The summed E-state index contributed by atoms with van der Waals surface area (Å²) in [6.07, 6.45) is 1.59. The Morgan fingerprint density at radius 1 is 1.00 bits per heavy atom. The van der Waals surface area contributed by atoms with Crippen LogP contribution >= 0.6 is 12.2 Å². The molecule has 0 spiro atoms. The molecule has 0 fully saturated rings.